The molecule has 0 aliphatic rings. The van der Waals surface area contributed by atoms with Gasteiger partial charge in [-0.1, -0.05) is 60.7 Å². The van der Waals surface area contributed by atoms with Gasteiger partial charge in [0.25, 0.3) is 11.5 Å². The maximum atomic E-state index is 13.8. The number of nitrogens with one attached hydrogen (secondary N) is 1. The van der Waals surface area contributed by atoms with Gasteiger partial charge in [-0.25, -0.2) is 4.68 Å². The average Bonchev–Trinajstić information content (AvgIpc) is 2.91. The van der Waals surface area contributed by atoms with Crippen LogP contribution in [0.3, 0.4) is 0 Å². The largest absolute Gasteiger partial charge is 0.383 e. The van der Waals surface area contributed by atoms with Gasteiger partial charge in [-0.15, -0.1) is 0 Å². The first-order chi connectivity index (χ1) is 17.9. The summed E-state index contributed by atoms with van der Waals surface area (Å²) in [7, 11) is 1.53. The molecule has 4 rings (SSSR count). The van der Waals surface area contributed by atoms with Crippen LogP contribution >= 0.6 is 0 Å². The highest BCUT2D eigenvalue weighted by Crippen LogP contribution is 2.19. The molecule has 0 aliphatic carbocycles. The minimum atomic E-state index is -0.453. The number of amides is 2. The monoisotopic (exact) mass is 498 g/mol. The van der Waals surface area contributed by atoms with Crippen molar-refractivity contribution in [1.82, 2.24) is 14.7 Å². The third-order valence-corrected chi connectivity index (χ3v) is 6.31. The summed E-state index contributed by atoms with van der Waals surface area (Å²) in [6.45, 7) is 4.36. The van der Waals surface area contributed by atoms with Crippen LogP contribution in [-0.2, 0) is 16.1 Å². The van der Waals surface area contributed by atoms with E-state index in [1.165, 1.54) is 16.7 Å². The van der Waals surface area contributed by atoms with Crippen molar-refractivity contribution in [3.63, 3.8) is 0 Å². The Hall–Kier alpha value is -4.30. The molecule has 0 bridgehead atoms. The summed E-state index contributed by atoms with van der Waals surface area (Å²) in [5, 5.41) is 8.22. The van der Waals surface area contributed by atoms with Crippen molar-refractivity contribution in [3.8, 4) is 0 Å². The molecule has 2 amide bonds. The Balaban J connectivity index is 1.68. The second-order valence-corrected chi connectivity index (χ2v) is 8.86. The first-order valence-corrected chi connectivity index (χ1v) is 12.1. The van der Waals surface area contributed by atoms with E-state index in [9.17, 15) is 14.4 Å². The number of aromatic nitrogens is 2. The summed E-state index contributed by atoms with van der Waals surface area (Å²) in [4.78, 5) is 41.4. The van der Waals surface area contributed by atoms with Crippen LogP contribution in [0.1, 0.15) is 27.2 Å². The average molecular weight is 499 g/mol. The molecule has 0 spiro atoms. The number of nitrogens with zero attached hydrogens (tertiary/aromatic N) is 3. The van der Waals surface area contributed by atoms with E-state index in [1.54, 1.807) is 24.3 Å². The number of carbonyl (C=O) groups excluding carboxylic acids is 2. The number of ether oxygens (including phenoxy) is 1. The molecule has 0 radical (unpaired) electrons. The summed E-state index contributed by atoms with van der Waals surface area (Å²) in [6.07, 6.45) is 0. The summed E-state index contributed by atoms with van der Waals surface area (Å²) >= 11 is 0. The van der Waals surface area contributed by atoms with E-state index >= 15 is 0 Å². The molecule has 0 unspecified atom stereocenters. The fourth-order valence-corrected chi connectivity index (χ4v) is 4.11. The molecule has 0 saturated carbocycles. The van der Waals surface area contributed by atoms with Gasteiger partial charge in [0.1, 0.15) is 6.54 Å². The molecule has 1 aromatic heterocycles. The molecule has 0 atom stereocenters. The van der Waals surface area contributed by atoms with Crippen LogP contribution in [0, 0.1) is 13.8 Å². The molecule has 0 saturated heterocycles. The van der Waals surface area contributed by atoms with Crippen LogP contribution in [-0.4, -0.2) is 53.3 Å². The number of hydrogen-bond donors (Lipinski definition) is 1. The number of carbonyl (C=O) groups is 2. The Bertz CT molecular complexity index is 1480. The molecule has 190 valence electrons. The predicted molar refractivity (Wildman–Crippen MR) is 144 cm³/mol. The van der Waals surface area contributed by atoms with Gasteiger partial charge in [0.05, 0.1) is 18.5 Å². The van der Waals surface area contributed by atoms with Crippen molar-refractivity contribution in [2.75, 3.05) is 32.1 Å². The maximum Gasteiger partial charge on any atom is 0.275 e. The van der Waals surface area contributed by atoms with Gasteiger partial charge in [-0.3, -0.25) is 14.4 Å². The van der Waals surface area contributed by atoms with E-state index in [0.717, 1.165) is 16.7 Å². The zero-order chi connectivity index (χ0) is 26.4. The van der Waals surface area contributed by atoms with Gasteiger partial charge in [0, 0.05) is 24.7 Å². The topological polar surface area (TPSA) is 93.5 Å². The Morgan fingerprint density at radius 2 is 1.65 bits per heavy atom. The fraction of sp³-hybridized carbons (Fsp3) is 0.241. The van der Waals surface area contributed by atoms with Gasteiger partial charge in [-0.2, -0.15) is 5.10 Å². The molecular weight excluding hydrogens is 468 g/mol. The summed E-state index contributed by atoms with van der Waals surface area (Å²) < 4.78 is 6.50. The lowest BCUT2D eigenvalue weighted by molar-refractivity contribution is -0.117. The number of benzene rings is 3. The van der Waals surface area contributed by atoms with Crippen molar-refractivity contribution < 1.29 is 14.3 Å². The van der Waals surface area contributed by atoms with Crippen molar-refractivity contribution >= 4 is 28.3 Å². The van der Waals surface area contributed by atoms with Crippen LogP contribution in [0.5, 0.6) is 0 Å². The van der Waals surface area contributed by atoms with Gasteiger partial charge >= 0.3 is 0 Å². The third kappa shape index (κ3) is 5.92. The number of hydrogen-bond acceptors (Lipinski definition) is 5. The van der Waals surface area contributed by atoms with Gasteiger partial charge < -0.3 is 15.0 Å². The molecule has 1 heterocycles. The normalized spacial score (nSPS) is 10.9. The molecule has 8 nitrogen and oxygen atoms in total. The number of anilines is 1. The first kappa shape index (κ1) is 25.8. The van der Waals surface area contributed by atoms with Gasteiger partial charge in [0.15, 0.2) is 5.69 Å². The highest BCUT2D eigenvalue weighted by Gasteiger charge is 2.24. The van der Waals surface area contributed by atoms with Crippen LogP contribution in [0.2, 0.25) is 0 Å². The predicted octanol–water partition coefficient (Wildman–Crippen LogP) is 3.79. The smallest absolute Gasteiger partial charge is 0.275 e. The molecular formula is C29H30N4O4. The summed E-state index contributed by atoms with van der Waals surface area (Å²) in [5.74, 6) is -0.786. The van der Waals surface area contributed by atoms with Crippen molar-refractivity contribution in [2.24, 2.45) is 0 Å². The number of aryl methyl sites for hydroxylation is 1. The van der Waals surface area contributed by atoms with E-state index in [-0.39, 0.29) is 43.4 Å². The molecule has 0 fully saturated rings. The van der Waals surface area contributed by atoms with Gasteiger partial charge in [0.2, 0.25) is 5.91 Å². The van der Waals surface area contributed by atoms with Crippen LogP contribution in [0.4, 0.5) is 5.69 Å². The highest BCUT2D eigenvalue weighted by molar-refractivity contribution is 6.06. The molecule has 1 N–H and O–H groups in total. The Morgan fingerprint density at radius 1 is 0.946 bits per heavy atom. The van der Waals surface area contributed by atoms with E-state index in [4.69, 9.17) is 4.74 Å². The number of fused-ring (bicyclic) bond motifs is 1. The zero-order valence-corrected chi connectivity index (χ0v) is 21.2. The maximum absolute atomic E-state index is 13.8. The van der Waals surface area contributed by atoms with E-state index in [1.807, 2.05) is 62.4 Å². The summed E-state index contributed by atoms with van der Waals surface area (Å²) in [5.41, 5.74) is 3.43. The molecule has 3 aromatic carbocycles. The molecule has 8 heteroatoms. The van der Waals surface area contributed by atoms with Crippen LogP contribution in [0.15, 0.2) is 77.6 Å². The highest BCUT2D eigenvalue weighted by atomic mass is 16.5. The molecule has 0 aliphatic heterocycles. The standard InChI is InChI=1S/C29H30N4O4/c1-20-10-9-15-25(21(20)2)30-26(34)19-32(16-17-37-3)29(36)27-23-13-7-8-14-24(23)28(35)33(31-27)18-22-11-5-4-6-12-22/h4-15H,16-19H2,1-3H3,(H,30,34). The van der Waals surface area contributed by atoms with Gasteiger partial charge in [-0.05, 0) is 42.7 Å². The second-order valence-electron chi connectivity index (χ2n) is 8.86. The van der Waals surface area contributed by atoms with Crippen LogP contribution in [0.25, 0.3) is 10.8 Å². The first-order valence-electron chi connectivity index (χ1n) is 12.1. The zero-order valence-electron chi connectivity index (χ0n) is 21.2. The Kier molecular flexibility index (Phi) is 8.10. The van der Waals surface area contributed by atoms with Crippen molar-refractivity contribution in [3.05, 3.63) is 106 Å². The SMILES string of the molecule is COCCN(CC(=O)Nc1cccc(C)c1C)C(=O)c1nn(Cc2ccccc2)c(=O)c2ccccc12. The van der Waals surface area contributed by atoms with Crippen molar-refractivity contribution in [2.45, 2.75) is 20.4 Å². The van der Waals surface area contributed by atoms with E-state index < -0.39 is 5.91 Å². The number of methoxy groups -OCH3 is 1. The molecule has 37 heavy (non-hydrogen) atoms. The minimum Gasteiger partial charge on any atom is -0.383 e. The second kappa shape index (κ2) is 11.6. The van der Waals surface area contributed by atoms with Crippen molar-refractivity contribution in [1.29, 1.82) is 0 Å². The van der Waals surface area contributed by atoms with E-state index in [2.05, 4.69) is 10.4 Å². The van der Waals surface area contributed by atoms with Crippen LogP contribution < -0.4 is 10.9 Å². The lowest BCUT2D eigenvalue weighted by atomic mass is 10.1. The fourth-order valence-electron chi connectivity index (χ4n) is 4.11. The lowest BCUT2D eigenvalue weighted by Crippen LogP contribution is -2.41. The lowest BCUT2D eigenvalue weighted by Gasteiger charge is -2.23. The number of rotatable bonds is 9. The van der Waals surface area contributed by atoms with E-state index in [0.29, 0.717) is 16.5 Å². The summed E-state index contributed by atoms with van der Waals surface area (Å²) in [6, 6.07) is 22.0. The Morgan fingerprint density at radius 3 is 2.38 bits per heavy atom. The molecule has 4 aromatic rings. The third-order valence-electron chi connectivity index (χ3n) is 6.31. The minimum absolute atomic E-state index is 0.113. The quantitative estimate of drug-likeness (QED) is 0.379. The Labute approximate surface area is 215 Å².